The largest absolute Gasteiger partial charge is 0.380 e. The smallest absolute Gasteiger partial charge is 0.0593 e. The van der Waals surface area contributed by atoms with E-state index in [1.807, 2.05) is 0 Å². The SMILES string of the molecule is CCCNC(c1ccccc1)C(CC)N1CCCOCC1. The molecule has 0 bridgehead atoms. The van der Waals surface area contributed by atoms with Gasteiger partial charge in [-0.2, -0.15) is 0 Å². The molecule has 2 atom stereocenters. The van der Waals surface area contributed by atoms with Gasteiger partial charge in [-0.15, -0.1) is 0 Å². The molecule has 1 N–H and O–H groups in total. The normalized spacial score (nSPS) is 19.9. The van der Waals surface area contributed by atoms with Gasteiger partial charge < -0.3 is 10.1 Å². The van der Waals surface area contributed by atoms with Crippen LogP contribution in [0.15, 0.2) is 30.3 Å². The number of hydrogen-bond donors (Lipinski definition) is 1. The fourth-order valence-electron chi connectivity index (χ4n) is 3.24. The molecule has 118 valence electrons. The number of nitrogens with one attached hydrogen (secondary N) is 1. The van der Waals surface area contributed by atoms with E-state index in [0.29, 0.717) is 12.1 Å². The van der Waals surface area contributed by atoms with Crippen LogP contribution in [0.25, 0.3) is 0 Å². The Balaban J connectivity index is 2.15. The Morgan fingerprint density at radius 3 is 2.67 bits per heavy atom. The summed E-state index contributed by atoms with van der Waals surface area (Å²) in [6.07, 6.45) is 3.48. The number of rotatable bonds is 7. The van der Waals surface area contributed by atoms with Crippen LogP contribution in [0.4, 0.5) is 0 Å². The lowest BCUT2D eigenvalue weighted by Gasteiger charge is -2.36. The molecule has 0 spiro atoms. The van der Waals surface area contributed by atoms with Gasteiger partial charge in [-0.05, 0) is 31.4 Å². The van der Waals surface area contributed by atoms with Gasteiger partial charge in [0.05, 0.1) is 6.61 Å². The summed E-state index contributed by atoms with van der Waals surface area (Å²) < 4.78 is 5.62. The van der Waals surface area contributed by atoms with Crippen molar-refractivity contribution < 1.29 is 4.74 Å². The Kier molecular flexibility index (Phi) is 7.20. The summed E-state index contributed by atoms with van der Waals surface area (Å²) in [5.41, 5.74) is 1.41. The number of benzene rings is 1. The Hall–Kier alpha value is -0.900. The highest BCUT2D eigenvalue weighted by atomic mass is 16.5. The minimum atomic E-state index is 0.411. The van der Waals surface area contributed by atoms with E-state index in [-0.39, 0.29) is 0 Å². The zero-order valence-corrected chi connectivity index (χ0v) is 13.6. The quantitative estimate of drug-likeness (QED) is 0.834. The van der Waals surface area contributed by atoms with Crippen LogP contribution < -0.4 is 5.32 Å². The van der Waals surface area contributed by atoms with E-state index < -0.39 is 0 Å². The van der Waals surface area contributed by atoms with Gasteiger partial charge in [0.2, 0.25) is 0 Å². The summed E-state index contributed by atoms with van der Waals surface area (Å²) in [5.74, 6) is 0. The molecule has 1 aromatic carbocycles. The molecule has 1 aromatic rings. The maximum Gasteiger partial charge on any atom is 0.0593 e. The summed E-state index contributed by atoms with van der Waals surface area (Å²) in [7, 11) is 0. The van der Waals surface area contributed by atoms with E-state index in [2.05, 4.69) is 54.4 Å². The lowest BCUT2D eigenvalue weighted by molar-refractivity contribution is 0.119. The maximum atomic E-state index is 5.62. The number of hydrogen-bond acceptors (Lipinski definition) is 3. The van der Waals surface area contributed by atoms with E-state index in [9.17, 15) is 0 Å². The fraction of sp³-hybridized carbons (Fsp3) is 0.667. The van der Waals surface area contributed by atoms with Crippen LogP contribution in [0, 0.1) is 0 Å². The van der Waals surface area contributed by atoms with E-state index in [1.54, 1.807) is 0 Å². The summed E-state index contributed by atoms with van der Waals surface area (Å²) in [6.45, 7) is 9.58. The first-order valence-corrected chi connectivity index (χ1v) is 8.47. The van der Waals surface area contributed by atoms with Crippen LogP contribution in [0.3, 0.4) is 0 Å². The van der Waals surface area contributed by atoms with Crippen molar-refractivity contribution in [2.75, 3.05) is 32.8 Å². The molecular weight excluding hydrogens is 260 g/mol. The molecule has 0 saturated carbocycles. The first-order valence-electron chi connectivity index (χ1n) is 8.47. The molecular formula is C18H30N2O. The van der Waals surface area contributed by atoms with Crippen LogP contribution in [0.2, 0.25) is 0 Å². The van der Waals surface area contributed by atoms with Crippen LogP contribution >= 0.6 is 0 Å². The van der Waals surface area contributed by atoms with E-state index in [0.717, 1.165) is 45.7 Å². The standard InChI is InChI=1S/C18H30N2O/c1-3-11-19-18(16-9-6-5-7-10-16)17(4-2)20-12-8-14-21-15-13-20/h5-7,9-10,17-19H,3-4,8,11-15H2,1-2H3. The lowest BCUT2D eigenvalue weighted by atomic mass is 9.95. The Bertz CT molecular complexity index is 374. The van der Waals surface area contributed by atoms with E-state index in [1.165, 1.54) is 12.0 Å². The van der Waals surface area contributed by atoms with Gasteiger partial charge in [-0.25, -0.2) is 0 Å². The first-order chi connectivity index (χ1) is 10.4. The topological polar surface area (TPSA) is 24.5 Å². The van der Waals surface area contributed by atoms with Crippen molar-refractivity contribution in [3.63, 3.8) is 0 Å². The molecule has 1 saturated heterocycles. The molecule has 3 heteroatoms. The molecule has 0 aromatic heterocycles. The Morgan fingerprint density at radius 1 is 1.14 bits per heavy atom. The molecule has 2 unspecified atom stereocenters. The Labute approximate surface area is 129 Å². The van der Waals surface area contributed by atoms with Crippen LogP contribution in [0.1, 0.15) is 44.7 Å². The van der Waals surface area contributed by atoms with Gasteiger partial charge in [0.25, 0.3) is 0 Å². The fourth-order valence-corrected chi connectivity index (χ4v) is 3.24. The Morgan fingerprint density at radius 2 is 1.95 bits per heavy atom. The third-order valence-corrected chi connectivity index (χ3v) is 4.30. The minimum Gasteiger partial charge on any atom is -0.380 e. The van der Waals surface area contributed by atoms with Gasteiger partial charge in [-0.1, -0.05) is 44.2 Å². The molecule has 1 heterocycles. The molecule has 1 fully saturated rings. The van der Waals surface area contributed by atoms with Crippen molar-refractivity contribution in [1.29, 1.82) is 0 Å². The van der Waals surface area contributed by atoms with E-state index >= 15 is 0 Å². The second kappa shape index (κ2) is 9.19. The molecule has 21 heavy (non-hydrogen) atoms. The highest BCUT2D eigenvalue weighted by Gasteiger charge is 2.27. The van der Waals surface area contributed by atoms with Gasteiger partial charge >= 0.3 is 0 Å². The van der Waals surface area contributed by atoms with Gasteiger partial charge in [0.15, 0.2) is 0 Å². The molecule has 3 nitrogen and oxygen atoms in total. The summed E-state index contributed by atoms with van der Waals surface area (Å²) in [6, 6.07) is 11.9. The zero-order valence-electron chi connectivity index (χ0n) is 13.6. The zero-order chi connectivity index (χ0) is 14.9. The molecule has 0 aliphatic carbocycles. The van der Waals surface area contributed by atoms with E-state index in [4.69, 9.17) is 4.74 Å². The van der Waals surface area contributed by atoms with Crippen molar-refractivity contribution in [3.05, 3.63) is 35.9 Å². The van der Waals surface area contributed by atoms with Crippen molar-refractivity contribution in [2.24, 2.45) is 0 Å². The monoisotopic (exact) mass is 290 g/mol. The predicted molar refractivity (Wildman–Crippen MR) is 88.6 cm³/mol. The molecule has 2 rings (SSSR count). The molecule has 1 aliphatic rings. The minimum absolute atomic E-state index is 0.411. The molecule has 0 amide bonds. The van der Waals surface area contributed by atoms with Crippen LogP contribution in [0.5, 0.6) is 0 Å². The second-order valence-corrected chi connectivity index (χ2v) is 5.82. The second-order valence-electron chi connectivity index (χ2n) is 5.82. The maximum absolute atomic E-state index is 5.62. The number of ether oxygens (including phenoxy) is 1. The first kappa shape index (κ1) is 16.5. The lowest BCUT2D eigenvalue weighted by Crippen LogP contribution is -2.45. The summed E-state index contributed by atoms with van der Waals surface area (Å²) in [5, 5.41) is 3.77. The van der Waals surface area contributed by atoms with Crippen LogP contribution in [-0.2, 0) is 4.74 Å². The third kappa shape index (κ3) is 4.80. The van der Waals surface area contributed by atoms with Gasteiger partial charge in [-0.3, -0.25) is 4.90 Å². The van der Waals surface area contributed by atoms with Crippen molar-refractivity contribution >= 4 is 0 Å². The third-order valence-electron chi connectivity index (χ3n) is 4.30. The molecule has 0 radical (unpaired) electrons. The average molecular weight is 290 g/mol. The average Bonchev–Trinajstić information content (AvgIpc) is 2.81. The van der Waals surface area contributed by atoms with Crippen molar-refractivity contribution in [2.45, 2.75) is 45.2 Å². The summed E-state index contributed by atoms with van der Waals surface area (Å²) >= 11 is 0. The van der Waals surface area contributed by atoms with Gasteiger partial charge in [0.1, 0.15) is 0 Å². The highest BCUT2D eigenvalue weighted by Crippen LogP contribution is 2.24. The predicted octanol–water partition coefficient (Wildman–Crippen LogP) is 3.23. The molecule has 1 aliphatic heterocycles. The van der Waals surface area contributed by atoms with Crippen molar-refractivity contribution in [3.8, 4) is 0 Å². The number of nitrogens with zero attached hydrogens (tertiary/aromatic N) is 1. The van der Waals surface area contributed by atoms with Gasteiger partial charge in [0, 0.05) is 31.8 Å². The van der Waals surface area contributed by atoms with Crippen molar-refractivity contribution in [1.82, 2.24) is 10.2 Å². The van der Waals surface area contributed by atoms with Crippen LogP contribution in [-0.4, -0.2) is 43.8 Å². The summed E-state index contributed by atoms with van der Waals surface area (Å²) in [4.78, 5) is 2.62. The highest BCUT2D eigenvalue weighted by molar-refractivity contribution is 5.20.